The number of Topliss-reactive ketones (excluding diaryl/α,β-unsaturated/α-hetero) is 1. The maximum atomic E-state index is 13.6. The van der Waals surface area contributed by atoms with Crippen LogP contribution >= 0.6 is 0 Å². The van der Waals surface area contributed by atoms with Crippen LogP contribution in [0.25, 0.3) is 0 Å². The minimum absolute atomic E-state index is 0.106. The molecule has 0 spiro atoms. The number of nitrogens with two attached hydrogens (primary N) is 1. The zero-order valence-corrected chi connectivity index (χ0v) is 25.6. The largest absolute Gasteiger partial charge is 0.439 e. The molecule has 42 heavy (non-hydrogen) atoms. The first kappa shape index (κ1) is 34.7. The van der Waals surface area contributed by atoms with E-state index in [1.54, 1.807) is 32.1 Å². The van der Waals surface area contributed by atoms with Gasteiger partial charge in [0.05, 0.1) is 23.6 Å². The minimum Gasteiger partial charge on any atom is -0.439 e. The Kier molecular flexibility index (Phi) is 13.4. The van der Waals surface area contributed by atoms with E-state index in [0.29, 0.717) is 18.5 Å². The molecule has 2 amide bonds. The molecule has 11 nitrogen and oxygen atoms in total. The Morgan fingerprint density at radius 3 is 2.45 bits per heavy atom. The Morgan fingerprint density at radius 1 is 1.17 bits per heavy atom. The highest BCUT2D eigenvalue weighted by molar-refractivity contribution is 6.23. The predicted molar refractivity (Wildman–Crippen MR) is 158 cm³/mol. The van der Waals surface area contributed by atoms with E-state index < -0.39 is 53.9 Å². The standard InChI is InChI=1S/C31H45N3O8/c1-8-12-33-26-21-13-17(2)14-25(41-7)27(36)19(4)15-20(5)29(42-31(32)39)24(40-6)11-9-10-18(3)30(38)34-22(28(21)37)16-23(26)35/h9-11,15-17,19,24-25,27,29,33,36H,8,12-14H2,1-7H3,(H2,32,39)(H,34,38)/b11-9+,18-10-,20-15+/t17?,19-,24-,25?,27+,29-/m1/s1. The Bertz CT molecular complexity index is 1180. The van der Waals surface area contributed by atoms with Gasteiger partial charge in [-0.3, -0.25) is 14.4 Å². The van der Waals surface area contributed by atoms with Crippen LogP contribution < -0.4 is 16.4 Å². The van der Waals surface area contributed by atoms with Crippen LogP contribution in [0.2, 0.25) is 0 Å². The van der Waals surface area contributed by atoms with Gasteiger partial charge in [0, 0.05) is 43.9 Å². The molecule has 0 saturated carbocycles. The highest BCUT2D eigenvalue weighted by atomic mass is 16.6. The predicted octanol–water partition coefficient (Wildman–Crippen LogP) is 2.76. The van der Waals surface area contributed by atoms with Crippen LogP contribution in [0, 0.1) is 11.8 Å². The van der Waals surface area contributed by atoms with Crippen LogP contribution in [0.4, 0.5) is 4.79 Å². The number of carbonyl (C=O) groups excluding carboxylic acids is 4. The molecule has 5 N–H and O–H groups in total. The molecule has 2 bridgehead atoms. The lowest BCUT2D eigenvalue weighted by atomic mass is 9.85. The number of allylic oxidation sites excluding steroid dienone is 4. The molecule has 1 heterocycles. The van der Waals surface area contributed by atoms with Gasteiger partial charge in [-0.05, 0) is 44.6 Å². The fourth-order valence-electron chi connectivity index (χ4n) is 5.03. The molecular weight excluding hydrogens is 542 g/mol. The van der Waals surface area contributed by atoms with Gasteiger partial charge in [0.15, 0.2) is 6.10 Å². The summed E-state index contributed by atoms with van der Waals surface area (Å²) in [5.41, 5.74) is 6.59. The van der Waals surface area contributed by atoms with Crippen LogP contribution in [-0.2, 0) is 28.6 Å². The van der Waals surface area contributed by atoms with Gasteiger partial charge in [0.25, 0.3) is 5.91 Å². The fourth-order valence-corrected chi connectivity index (χ4v) is 5.03. The number of nitrogens with one attached hydrogen (secondary N) is 2. The lowest BCUT2D eigenvalue weighted by molar-refractivity contribution is -0.120. The summed E-state index contributed by atoms with van der Waals surface area (Å²) in [6.45, 7) is 9.47. The van der Waals surface area contributed by atoms with Crippen molar-refractivity contribution in [3.63, 3.8) is 0 Å². The number of ether oxygens (including phenoxy) is 3. The normalized spacial score (nSPS) is 31.7. The summed E-state index contributed by atoms with van der Waals surface area (Å²) < 4.78 is 16.6. The van der Waals surface area contributed by atoms with E-state index in [1.807, 2.05) is 20.8 Å². The van der Waals surface area contributed by atoms with Gasteiger partial charge in [-0.1, -0.05) is 45.1 Å². The van der Waals surface area contributed by atoms with Crippen molar-refractivity contribution in [2.24, 2.45) is 17.6 Å². The Hall–Kier alpha value is -3.54. The summed E-state index contributed by atoms with van der Waals surface area (Å²) >= 11 is 0. The molecule has 0 aromatic heterocycles. The highest BCUT2D eigenvalue weighted by Gasteiger charge is 2.33. The van der Waals surface area contributed by atoms with Crippen molar-refractivity contribution in [2.45, 2.75) is 78.3 Å². The lowest BCUT2D eigenvalue weighted by Gasteiger charge is -2.30. The van der Waals surface area contributed by atoms with Gasteiger partial charge < -0.3 is 35.7 Å². The van der Waals surface area contributed by atoms with E-state index in [4.69, 9.17) is 19.9 Å². The first-order chi connectivity index (χ1) is 19.8. The van der Waals surface area contributed by atoms with Crippen molar-refractivity contribution < 1.29 is 38.5 Å². The molecule has 11 heteroatoms. The molecule has 2 aliphatic rings. The highest BCUT2D eigenvalue weighted by Crippen LogP contribution is 2.28. The Morgan fingerprint density at radius 2 is 1.86 bits per heavy atom. The summed E-state index contributed by atoms with van der Waals surface area (Å²) in [7, 11) is 2.94. The molecule has 0 saturated heterocycles. The van der Waals surface area contributed by atoms with Crippen LogP contribution in [0.5, 0.6) is 0 Å². The van der Waals surface area contributed by atoms with Crippen LogP contribution in [0.15, 0.2) is 58.5 Å². The third-order valence-electron chi connectivity index (χ3n) is 7.35. The number of primary amides is 1. The van der Waals surface area contributed by atoms with Crippen molar-refractivity contribution in [1.82, 2.24) is 10.6 Å². The number of amides is 2. The molecule has 0 radical (unpaired) electrons. The van der Waals surface area contributed by atoms with Gasteiger partial charge >= 0.3 is 6.09 Å². The molecule has 2 rings (SSSR count). The molecule has 1 aliphatic heterocycles. The second-order valence-electron chi connectivity index (χ2n) is 10.9. The van der Waals surface area contributed by atoms with E-state index in [0.717, 1.165) is 12.5 Å². The fraction of sp³-hybridized carbons (Fsp3) is 0.548. The van der Waals surface area contributed by atoms with Gasteiger partial charge in [0.1, 0.15) is 6.10 Å². The van der Waals surface area contributed by atoms with Gasteiger partial charge in [-0.2, -0.15) is 0 Å². The monoisotopic (exact) mass is 587 g/mol. The maximum absolute atomic E-state index is 13.6. The average molecular weight is 588 g/mol. The zero-order valence-electron chi connectivity index (χ0n) is 25.6. The molecule has 0 aromatic rings. The zero-order chi connectivity index (χ0) is 31.6. The Balaban J connectivity index is 2.61. The molecule has 0 fully saturated rings. The third-order valence-corrected chi connectivity index (χ3v) is 7.35. The molecule has 1 aliphatic carbocycles. The smallest absolute Gasteiger partial charge is 0.405 e. The number of hydrogen-bond donors (Lipinski definition) is 4. The maximum Gasteiger partial charge on any atom is 0.405 e. The number of ketones is 2. The number of methoxy groups -OCH3 is 2. The lowest BCUT2D eigenvalue weighted by Crippen LogP contribution is -2.38. The molecular formula is C31H45N3O8. The third kappa shape index (κ3) is 9.23. The van der Waals surface area contributed by atoms with Gasteiger partial charge in [-0.15, -0.1) is 0 Å². The molecule has 6 atom stereocenters. The molecule has 2 unspecified atom stereocenters. The van der Waals surface area contributed by atoms with Crippen molar-refractivity contribution in [3.05, 3.63) is 58.5 Å². The number of aliphatic hydroxyl groups excluding tert-OH is 1. The number of aliphatic hydroxyl groups is 1. The van der Waals surface area contributed by atoms with Crippen LogP contribution in [0.3, 0.4) is 0 Å². The summed E-state index contributed by atoms with van der Waals surface area (Å²) in [6.07, 6.45) is 4.69. The topological polar surface area (TPSA) is 166 Å². The van der Waals surface area contributed by atoms with Crippen molar-refractivity contribution in [3.8, 4) is 0 Å². The van der Waals surface area contributed by atoms with Crippen LogP contribution in [-0.4, -0.2) is 73.9 Å². The van der Waals surface area contributed by atoms with E-state index in [1.165, 1.54) is 20.3 Å². The molecule has 0 aromatic carbocycles. The second kappa shape index (κ2) is 16.2. The van der Waals surface area contributed by atoms with E-state index in [-0.39, 0.29) is 34.9 Å². The quantitative estimate of drug-likeness (QED) is 0.270. The van der Waals surface area contributed by atoms with Crippen molar-refractivity contribution >= 4 is 23.6 Å². The number of hydrogen-bond acceptors (Lipinski definition) is 9. The summed E-state index contributed by atoms with van der Waals surface area (Å²) in [4.78, 5) is 51.4. The summed E-state index contributed by atoms with van der Waals surface area (Å²) in [5, 5.41) is 16.9. The number of fused-ring (bicyclic) bond motifs is 2. The van der Waals surface area contributed by atoms with E-state index >= 15 is 0 Å². The van der Waals surface area contributed by atoms with Crippen LogP contribution in [0.1, 0.15) is 53.9 Å². The van der Waals surface area contributed by atoms with E-state index in [9.17, 15) is 24.3 Å². The second-order valence-corrected chi connectivity index (χ2v) is 10.9. The van der Waals surface area contributed by atoms with Crippen molar-refractivity contribution in [2.75, 3.05) is 20.8 Å². The average Bonchev–Trinajstić information content (AvgIpc) is 2.94. The number of carbonyl (C=O) groups is 4. The summed E-state index contributed by atoms with van der Waals surface area (Å²) in [5.74, 6) is -2.01. The van der Waals surface area contributed by atoms with Gasteiger partial charge in [-0.25, -0.2) is 4.79 Å². The van der Waals surface area contributed by atoms with Crippen molar-refractivity contribution in [1.29, 1.82) is 0 Å². The van der Waals surface area contributed by atoms with E-state index in [2.05, 4.69) is 10.6 Å². The molecule has 232 valence electrons. The first-order valence-corrected chi connectivity index (χ1v) is 14.2. The minimum atomic E-state index is -0.995. The Labute approximate surface area is 247 Å². The first-order valence-electron chi connectivity index (χ1n) is 14.2. The SMILES string of the molecule is CCCNC1=C2CC(C)CC(OC)[C@@H](O)[C@H](C)/C=C(\C)[C@@H](OC(N)=O)[C@H](OC)/C=C/C=C(/C)C(=O)NC(=CC1=O)C2=O. The summed E-state index contributed by atoms with van der Waals surface area (Å²) in [6, 6.07) is 0. The van der Waals surface area contributed by atoms with Gasteiger partial charge in [0.2, 0.25) is 11.6 Å². The number of rotatable bonds is 6.